The van der Waals surface area contributed by atoms with Crippen molar-refractivity contribution >= 4 is 31.9 Å². The van der Waals surface area contributed by atoms with Crippen LogP contribution in [0.15, 0.2) is 15.5 Å². The first-order valence-corrected chi connectivity index (χ1v) is 5.15. The molecule has 11 heavy (non-hydrogen) atoms. The van der Waals surface area contributed by atoms with Crippen molar-refractivity contribution in [3.8, 4) is 0 Å². The Labute approximate surface area is 83.5 Å². The lowest BCUT2D eigenvalue weighted by Crippen LogP contribution is -2.26. The van der Waals surface area contributed by atoms with Crippen molar-refractivity contribution in [1.29, 1.82) is 0 Å². The Bertz CT molecular complexity index is 255. The van der Waals surface area contributed by atoms with Gasteiger partial charge in [0.05, 0.1) is 13.6 Å². The van der Waals surface area contributed by atoms with Gasteiger partial charge in [0.2, 0.25) is 15.5 Å². The van der Waals surface area contributed by atoms with E-state index in [1.807, 2.05) is 11.6 Å². The van der Waals surface area contributed by atoms with Gasteiger partial charge in [-0.2, -0.15) is 0 Å². The van der Waals surface area contributed by atoms with Crippen LogP contribution in [0.1, 0.15) is 13.3 Å². The summed E-state index contributed by atoms with van der Waals surface area (Å²) >= 11 is 6.96. The third kappa shape index (κ3) is 1.85. The fourth-order valence-electron chi connectivity index (χ4n) is 0.971. The SMILES string of the molecule is CCCn1c[n+](C)c(Br)c1Br. The molecular weight excluding hydrogens is 272 g/mol. The van der Waals surface area contributed by atoms with Gasteiger partial charge in [-0.15, -0.1) is 0 Å². The van der Waals surface area contributed by atoms with E-state index in [9.17, 15) is 0 Å². The van der Waals surface area contributed by atoms with Gasteiger partial charge in [-0.1, -0.05) is 6.92 Å². The molecule has 0 spiro atoms. The van der Waals surface area contributed by atoms with E-state index >= 15 is 0 Å². The van der Waals surface area contributed by atoms with Crippen molar-refractivity contribution in [2.75, 3.05) is 0 Å². The molecular formula is C7H11Br2N2+. The first-order valence-electron chi connectivity index (χ1n) is 3.56. The lowest BCUT2D eigenvalue weighted by Gasteiger charge is -1.90. The van der Waals surface area contributed by atoms with E-state index in [4.69, 9.17) is 0 Å². The van der Waals surface area contributed by atoms with Crippen LogP contribution in [0.3, 0.4) is 0 Å². The molecule has 0 saturated heterocycles. The lowest BCUT2D eigenvalue weighted by molar-refractivity contribution is -0.682. The number of aromatic nitrogens is 2. The summed E-state index contributed by atoms with van der Waals surface area (Å²) in [6.07, 6.45) is 3.22. The molecule has 0 aliphatic carbocycles. The average Bonchev–Trinajstić information content (AvgIpc) is 2.19. The fourth-order valence-corrected chi connectivity index (χ4v) is 1.84. The third-order valence-corrected chi connectivity index (χ3v) is 3.81. The molecule has 0 fully saturated rings. The van der Waals surface area contributed by atoms with Gasteiger partial charge in [0, 0.05) is 31.9 Å². The number of hydrogen-bond acceptors (Lipinski definition) is 0. The summed E-state index contributed by atoms with van der Waals surface area (Å²) in [6, 6.07) is 0. The topological polar surface area (TPSA) is 8.81 Å². The normalized spacial score (nSPS) is 10.5. The Morgan fingerprint density at radius 3 is 2.55 bits per heavy atom. The fraction of sp³-hybridized carbons (Fsp3) is 0.571. The zero-order valence-electron chi connectivity index (χ0n) is 6.64. The van der Waals surface area contributed by atoms with Gasteiger partial charge in [-0.3, -0.25) is 0 Å². The molecule has 1 rings (SSSR count). The molecule has 62 valence electrons. The third-order valence-electron chi connectivity index (χ3n) is 1.51. The van der Waals surface area contributed by atoms with Crippen LogP contribution in [0.5, 0.6) is 0 Å². The van der Waals surface area contributed by atoms with Crippen LogP contribution in [0.25, 0.3) is 0 Å². The Balaban J connectivity index is 2.98. The summed E-state index contributed by atoms with van der Waals surface area (Å²) in [6.45, 7) is 3.22. The molecule has 1 aromatic rings. The Morgan fingerprint density at radius 2 is 2.18 bits per heavy atom. The van der Waals surface area contributed by atoms with Crippen molar-refractivity contribution in [3.63, 3.8) is 0 Å². The molecule has 0 aliphatic rings. The van der Waals surface area contributed by atoms with Crippen LogP contribution < -0.4 is 4.57 Å². The number of imidazole rings is 1. The summed E-state index contributed by atoms with van der Waals surface area (Å²) in [5, 5.41) is 0. The highest BCUT2D eigenvalue weighted by Gasteiger charge is 2.14. The summed E-state index contributed by atoms with van der Waals surface area (Å²) in [5.41, 5.74) is 0. The average molecular weight is 283 g/mol. The minimum Gasteiger partial charge on any atom is -0.226 e. The molecule has 0 unspecified atom stereocenters. The van der Waals surface area contributed by atoms with Gasteiger partial charge in [0.15, 0.2) is 0 Å². The van der Waals surface area contributed by atoms with E-state index in [1.165, 1.54) is 0 Å². The lowest BCUT2D eigenvalue weighted by atomic mass is 10.5. The maximum Gasteiger partial charge on any atom is 0.245 e. The van der Waals surface area contributed by atoms with Crippen LogP contribution >= 0.6 is 31.9 Å². The van der Waals surface area contributed by atoms with Crippen molar-refractivity contribution in [2.45, 2.75) is 19.9 Å². The standard InChI is InChI=1S/C7H11Br2N2/c1-3-4-11-5-10(2)6(8)7(11)9/h5H,3-4H2,1-2H3/q+1. The van der Waals surface area contributed by atoms with Crippen molar-refractivity contribution in [1.82, 2.24) is 4.57 Å². The minimum atomic E-state index is 1.06. The first kappa shape index (κ1) is 9.26. The van der Waals surface area contributed by atoms with Gasteiger partial charge < -0.3 is 0 Å². The van der Waals surface area contributed by atoms with E-state index < -0.39 is 0 Å². The zero-order valence-corrected chi connectivity index (χ0v) is 9.81. The molecule has 0 aliphatic heterocycles. The van der Waals surface area contributed by atoms with Crippen LogP contribution in [-0.2, 0) is 13.6 Å². The van der Waals surface area contributed by atoms with Crippen LogP contribution in [0.2, 0.25) is 0 Å². The zero-order chi connectivity index (χ0) is 8.43. The summed E-state index contributed by atoms with van der Waals surface area (Å²) in [7, 11) is 2.01. The number of aryl methyl sites for hydroxylation is 2. The predicted octanol–water partition coefficient (Wildman–Crippen LogP) is 2.25. The molecule has 0 aromatic carbocycles. The number of halogens is 2. The van der Waals surface area contributed by atoms with Gasteiger partial charge in [0.25, 0.3) is 0 Å². The van der Waals surface area contributed by atoms with E-state index in [0.29, 0.717) is 0 Å². The molecule has 0 bridgehead atoms. The Morgan fingerprint density at radius 1 is 1.55 bits per heavy atom. The maximum absolute atomic E-state index is 3.50. The van der Waals surface area contributed by atoms with Crippen LogP contribution in [0, 0.1) is 0 Å². The predicted molar refractivity (Wildman–Crippen MR) is 51.3 cm³/mol. The Kier molecular flexibility index (Phi) is 3.13. The maximum atomic E-state index is 3.50. The highest BCUT2D eigenvalue weighted by molar-refractivity contribution is 9.13. The van der Waals surface area contributed by atoms with Gasteiger partial charge >= 0.3 is 0 Å². The molecule has 0 atom stereocenters. The summed E-state index contributed by atoms with van der Waals surface area (Å²) < 4.78 is 6.41. The molecule has 1 heterocycles. The Hall–Kier alpha value is 0.170. The quantitative estimate of drug-likeness (QED) is 0.736. The van der Waals surface area contributed by atoms with Crippen molar-refractivity contribution in [2.24, 2.45) is 7.05 Å². The molecule has 1 aromatic heterocycles. The van der Waals surface area contributed by atoms with E-state index in [-0.39, 0.29) is 0 Å². The molecule has 2 nitrogen and oxygen atoms in total. The second-order valence-corrected chi connectivity index (χ2v) is 4.00. The molecule has 0 amide bonds. The van der Waals surface area contributed by atoms with E-state index in [2.05, 4.69) is 49.7 Å². The van der Waals surface area contributed by atoms with E-state index in [1.54, 1.807) is 0 Å². The monoisotopic (exact) mass is 281 g/mol. The van der Waals surface area contributed by atoms with Gasteiger partial charge in [0.1, 0.15) is 0 Å². The number of nitrogens with zero attached hydrogens (tertiary/aromatic N) is 2. The molecule has 0 N–H and O–H groups in total. The van der Waals surface area contributed by atoms with Crippen LogP contribution in [0.4, 0.5) is 0 Å². The highest BCUT2D eigenvalue weighted by atomic mass is 79.9. The van der Waals surface area contributed by atoms with E-state index in [0.717, 1.165) is 22.2 Å². The number of hydrogen-bond donors (Lipinski definition) is 0. The highest BCUT2D eigenvalue weighted by Crippen LogP contribution is 2.19. The van der Waals surface area contributed by atoms with Crippen LogP contribution in [-0.4, -0.2) is 4.57 Å². The second kappa shape index (κ2) is 3.72. The summed E-state index contributed by atoms with van der Waals surface area (Å²) in [4.78, 5) is 0. The molecule has 0 radical (unpaired) electrons. The smallest absolute Gasteiger partial charge is 0.226 e. The largest absolute Gasteiger partial charge is 0.245 e. The second-order valence-electron chi connectivity index (χ2n) is 2.50. The van der Waals surface area contributed by atoms with Crippen molar-refractivity contribution < 1.29 is 4.57 Å². The molecule has 0 saturated carbocycles. The summed E-state index contributed by atoms with van der Waals surface area (Å²) in [5.74, 6) is 0. The van der Waals surface area contributed by atoms with Crippen molar-refractivity contribution in [3.05, 3.63) is 15.5 Å². The minimum absolute atomic E-state index is 1.06. The molecule has 4 heteroatoms. The van der Waals surface area contributed by atoms with Gasteiger partial charge in [-0.05, 0) is 6.42 Å². The van der Waals surface area contributed by atoms with Gasteiger partial charge in [-0.25, -0.2) is 9.13 Å². The first-order chi connectivity index (χ1) is 5.16. The number of rotatable bonds is 2.